The lowest BCUT2D eigenvalue weighted by Gasteiger charge is -2.10. The summed E-state index contributed by atoms with van der Waals surface area (Å²) in [7, 11) is -1.38. The Balaban J connectivity index is 3.19. The van der Waals surface area contributed by atoms with Gasteiger partial charge < -0.3 is 0 Å². The van der Waals surface area contributed by atoms with E-state index in [0.717, 1.165) is 10.9 Å². The summed E-state index contributed by atoms with van der Waals surface area (Å²) in [6.45, 7) is 10.7. The van der Waals surface area contributed by atoms with Crippen molar-refractivity contribution in [3.63, 3.8) is 0 Å². The molecule has 0 amide bonds. The van der Waals surface area contributed by atoms with Gasteiger partial charge in [0, 0.05) is 11.3 Å². The van der Waals surface area contributed by atoms with Crippen molar-refractivity contribution in [1.29, 1.82) is 0 Å². The minimum Gasteiger partial charge on any atom is -0.276 e. The number of thioether (sulfide) groups is 1. The van der Waals surface area contributed by atoms with Gasteiger partial charge in [-0.25, -0.2) is 4.98 Å². The topological polar surface area (TPSA) is 34.9 Å². The van der Waals surface area contributed by atoms with Crippen LogP contribution in [-0.2, 0) is 6.54 Å². The van der Waals surface area contributed by atoms with Crippen molar-refractivity contribution >= 4 is 19.8 Å². The number of nitrogens with zero attached hydrogens (tertiary/aromatic N) is 2. The number of aromatic nitrogens is 2. The molecule has 18 heavy (non-hydrogen) atoms. The molecule has 1 rings (SSSR count). The molecule has 0 saturated carbocycles. The van der Waals surface area contributed by atoms with E-state index in [4.69, 9.17) is 0 Å². The summed E-state index contributed by atoms with van der Waals surface area (Å²) in [6.07, 6.45) is 1.93. The third kappa shape index (κ3) is 3.75. The van der Waals surface area contributed by atoms with Gasteiger partial charge in [0.25, 0.3) is 5.56 Å². The number of aryl methyl sites for hydroxylation is 1. The van der Waals surface area contributed by atoms with Crippen molar-refractivity contribution in [2.75, 3.05) is 6.26 Å². The van der Waals surface area contributed by atoms with Gasteiger partial charge in [0.1, 0.15) is 8.07 Å². The van der Waals surface area contributed by atoms with Gasteiger partial charge in [0.2, 0.25) is 0 Å². The predicted molar refractivity (Wildman–Crippen MR) is 80.9 cm³/mol. The lowest BCUT2D eigenvalue weighted by molar-refractivity contribution is 0.652. The monoisotopic (exact) mass is 280 g/mol. The average Bonchev–Trinajstić information content (AvgIpc) is 2.27. The highest BCUT2D eigenvalue weighted by Gasteiger charge is 2.10. The predicted octanol–water partition coefficient (Wildman–Crippen LogP) is 2.46. The summed E-state index contributed by atoms with van der Waals surface area (Å²) >= 11 is 1.49. The molecular formula is C13H20N2OSSi. The van der Waals surface area contributed by atoms with E-state index in [2.05, 4.69) is 36.1 Å². The molecule has 0 radical (unpaired) electrons. The molecule has 5 heteroatoms. The van der Waals surface area contributed by atoms with Crippen LogP contribution in [0.15, 0.2) is 9.95 Å². The third-order valence-electron chi connectivity index (χ3n) is 2.49. The van der Waals surface area contributed by atoms with Gasteiger partial charge in [-0.2, -0.15) is 0 Å². The highest BCUT2D eigenvalue weighted by Crippen LogP contribution is 2.11. The second-order valence-corrected chi connectivity index (χ2v) is 10.8. The summed E-state index contributed by atoms with van der Waals surface area (Å²) in [6, 6.07) is 0. The zero-order valence-corrected chi connectivity index (χ0v) is 13.7. The van der Waals surface area contributed by atoms with Crippen LogP contribution < -0.4 is 5.56 Å². The summed E-state index contributed by atoms with van der Waals surface area (Å²) in [5, 5.41) is 0.743. The Labute approximate surface area is 114 Å². The van der Waals surface area contributed by atoms with E-state index < -0.39 is 8.07 Å². The van der Waals surface area contributed by atoms with Crippen LogP contribution in [0.1, 0.15) is 11.3 Å². The normalized spacial score (nSPS) is 11.0. The van der Waals surface area contributed by atoms with Crippen molar-refractivity contribution in [2.24, 2.45) is 0 Å². The summed E-state index contributed by atoms with van der Waals surface area (Å²) < 4.78 is 1.67. The van der Waals surface area contributed by atoms with Crippen molar-refractivity contribution in [1.82, 2.24) is 9.55 Å². The average molecular weight is 280 g/mol. The minimum absolute atomic E-state index is 0.0247. The van der Waals surface area contributed by atoms with Gasteiger partial charge >= 0.3 is 0 Å². The van der Waals surface area contributed by atoms with Crippen molar-refractivity contribution < 1.29 is 0 Å². The van der Waals surface area contributed by atoms with E-state index in [0.29, 0.717) is 12.1 Å². The maximum Gasteiger partial charge on any atom is 0.258 e. The van der Waals surface area contributed by atoms with Crippen LogP contribution in [0.5, 0.6) is 0 Å². The first kappa shape index (κ1) is 15.1. The molecule has 0 unspecified atom stereocenters. The Morgan fingerprint density at radius 1 is 1.33 bits per heavy atom. The fourth-order valence-corrected chi connectivity index (χ4v) is 2.62. The van der Waals surface area contributed by atoms with Crippen LogP contribution in [0, 0.1) is 25.3 Å². The Morgan fingerprint density at radius 3 is 2.44 bits per heavy atom. The van der Waals surface area contributed by atoms with Gasteiger partial charge in [0.15, 0.2) is 5.16 Å². The van der Waals surface area contributed by atoms with E-state index in [9.17, 15) is 4.79 Å². The molecule has 0 saturated heterocycles. The highest BCUT2D eigenvalue weighted by molar-refractivity contribution is 7.98. The molecule has 0 atom stereocenters. The van der Waals surface area contributed by atoms with Crippen LogP contribution in [0.2, 0.25) is 19.6 Å². The quantitative estimate of drug-likeness (QED) is 0.361. The second kappa shape index (κ2) is 5.76. The van der Waals surface area contributed by atoms with Crippen LogP contribution in [0.4, 0.5) is 0 Å². The molecule has 1 heterocycles. The minimum atomic E-state index is -1.38. The lowest BCUT2D eigenvalue weighted by Crippen LogP contribution is -2.26. The van der Waals surface area contributed by atoms with Gasteiger partial charge in [-0.3, -0.25) is 9.36 Å². The van der Waals surface area contributed by atoms with Gasteiger partial charge in [-0.1, -0.05) is 37.3 Å². The summed E-state index contributed by atoms with van der Waals surface area (Å²) in [5.41, 5.74) is 4.81. The molecule has 0 aliphatic carbocycles. The van der Waals surface area contributed by atoms with Crippen molar-refractivity contribution in [3.05, 3.63) is 21.6 Å². The molecule has 0 N–H and O–H groups in total. The summed E-state index contributed by atoms with van der Waals surface area (Å²) in [4.78, 5) is 16.6. The molecule has 0 bridgehead atoms. The van der Waals surface area contributed by atoms with Crippen molar-refractivity contribution in [2.45, 2.75) is 45.2 Å². The smallest absolute Gasteiger partial charge is 0.258 e. The first-order valence-corrected chi connectivity index (χ1v) is 10.6. The number of hydrogen-bond donors (Lipinski definition) is 0. The first-order chi connectivity index (χ1) is 8.26. The highest BCUT2D eigenvalue weighted by atomic mass is 32.2. The maximum atomic E-state index is 12.2. The van der Waals surface area contributed by atoms with E-state index in [1.54, 1.807) is 4.57 Å². The van der Waals surface area contributed by atoms with Crippen LogP contribution in [0.3, 0.4) is 0 Å². The largest absolute Gasteiger partial charge is 0.276 e. The third-order valence-corrected chi connectivity index (χ3v) is 4.09. The molecule has 1 aromatic rings. The van der Waals surface area contributed by atoms with E-state index in [1.807, 2.05) is 20.1 Å². The fourth-order valence-electron chi connectivity index (χ4n) is 1.41. The van der Waals surface area contributed by atoms with Gasteiger partial charge in [-0.05, 0) is 20.1 Å². The zero-order chi connectivity index (χ0) is 13.9. The van der Waals surface area contributed by atoms with E-state index >= 15 is 0 Å². The van der Waals surface area contributed by atoms with Crippen LogP contribution in [-0.4, -0.2) is 23.9 Å². The molecule has 0 aliphatic rings. The van der Waals surface area contributed by atoms with Crippen molar-refractivity contribution in [3.8, 4) is 11.5 Å². The molecular weight excluding hydrogens is 260 g/mol. The molecule has 0 aromatic carbocycles. The van der Waals surface area contributed by atoms with Gasteiger partial charge in [0.05, 0.1) is 6.54 Å². The lowest BCUT2D eigenvalue weighted by atomic mass is 10.3. The second-order valence-electron chi connectivity index (χ2n) is 5.25. The standard InChI is InChI=1S/C13H20N2OSSi/c1-10-11(2)14-13(17-3)15(12(10)16)8-7-9-18(4,5)6/h8H2,1-6H3. The fraction of sp³-hybridized carbons (Fsp3) is 0.538. The molecule has 0 aliphatic heterocycles. The van der Waals surface area contributed by atoms with Crippen LogP contribution >= 0.6 is 11.8 Å². The molecule has 0 fully saturated rings. The zero-order valence-electron chi connectivity index (χ0n) is 11.9. The Morgan fingerprint density at radius 2 is 1.94 bits per heavy atom. The molecule has 3 nitrogen and oxygen atoms in total. The Hall–Kier alpha value is -0.993. The molecule has 1 aromatic heterocycles. The van der Waals surface area contributed by atoms with Gasteiger partial charge in [-0.15, -0.1) is 5.54 Å². The first-order valence-electron chi connectivity index (χ1n) is 5.88. The Bertz CT molecular complexity index is 561. The number of rotatable bonds is 2. The van der Waals surface area contributed by atoms with E-state index in [-0.39, 0.29) is 5.56 Å². The molecule has 98 valence electrons. The molecule has 0 spiro atoms. The number of hydrogen-bond acceptors (Lipinski definition) is 3. The Kier molecular flexibility index (Phi) is 4.82. The summed E-state index contributed by atoms with van der Waals surface area (Å²) in [5.74, 6) is 3.13. The van der Waals surface area contributed by atoms with Crippen LogP contribution in [0.25, 0.3) is 0 Å². The SMILES string of the molecule is CSc1nc(C)c(C)c(=O)n1CC#C[Si](C)(C)C. The maximum absolute atomic E-state index is 12.2. The van der Waals surface area contributed by atoms with E-state index in [1.165, 1.54) is 11.8 Å².